The zero-order valence-corrected chi connectivity index (χ0v) is 11.5. The Balaban J connectivity index is 1.73. The van der Waals surface area contributed by atoms with Crippen LogP contribution in [0.15, 0.2) is 72.8 Å². The number of fused-ring (bicyclic) bond motifs is 5. The van der Waals surface area contributed by atoms with Gasteiger partial charge in [0, 0.05) is 10.8 Å². The first kappa shape index (κ1) is 10.9. The molecular formula is C20H18. The van der Waals surface area contributed by atoms with Gasteiger partial charge in [0.25, 0.3) is 0 Å². The number of allylic oxidation sites excluding steroid dienone is 2. The lowest BCUT2D eigenvalue weighted by Gasteiger charge is -2.28. The van der Waals surface area contributed by atoms with Crippen LogP contribution in [0.3, 0.4) is 0 Å². The van der Waals surface area contributed by atoms with E-state index in [1.54, 1.807) is 11.1 Å². The molecule has 0 heteroatoms. The molecule has 98 valence electrons. The highest BCUT2D eigenvalue weighted by Gasteiger charge is 2.79. The summed E-state index contributed by atoms with van der Waals surface area (Å²) in [6.07, 6.45) is 7.66. The van der Waals surface area contributed by atoms with Crippen LogP contribution in [0.1, 0.15) is 24.0 Å². The molecule has 0 saturated heterocycles. The van der Waals surface area contributed by atoms with Crippen molar-refractivity contribution < 1.29 is 0 Å². The van der Waals surface area contributed by atoms with Gasteiger partial charge in [-0.05, 0) is 35.8 Å². The summed E-state index contributed by atoms with van der Waals surface area (Å²) in [4.78, 5) is 0. The highest BCUT2D eigenvalue weighted by atomic mass is 14.8. The Hall–Kier alpha value is -1.82. The molecule has 4 unspecified atom stereocenters. The summed E-state index contributed by atoms with van der Waals surface area (Å²) in [6, 6.07) is 22.5. The van der Waals surface area contributed by atoms with Gasteiger partial charge in [-0.15, -0.1) is 0 Å². The molecule has 0 N–H and O–H groups in total. The van der Waals surface area contributed by atoms with Crippen LogP contribution in [0.4, 0.5) is 0 Å². The summed E-state index contributed by atoms with van der Waals surface area (Å²) in [6.45, 7) is 0. The molecule has 3 aliphatic rings. The summed E-state index contributed by atoms with van der Waals surface area (Å²) in [5.74, 6) is 1.49. The maximum absolute atomic E-state index is 2.49. The van der Waals surface area contributed by atoms with Crippen LogP contribution in [-0.4, -0.2) is 0 Å². The van der Waals surface area contributed by atoms with Crippen molar-refractivity contribution in [2.75, 3.05) is 0 Å². The van der Waals surface area contributed by atoms with Gasteiger partial charge in [-0.2, -0.15) is 0 Å². The molecule has 0 heterocycles. The van der Waals surface area contributed by atoms with Gasteiger partial charge in [0.15, 0.2) is 0 Å². The Bertz CT molecular complexity index is 625. The second kappa shape index (κ2) is 3.44. The standard InChI is InChI=1S/C20H18/c1-3-7-15(8-4-1)19-14-20(19,16-9-5-2-6-10-16)18-12-11-17(19)13-18/h1-12,17-18H,13-14H2. The molecule has 2 bridgehead atoms. The lowest BCUT2D eigenvalue weighted by molar-refractivity contribution is 0.506. The van der Waals surface area contributed by atoms with E-state index in [2.05, 4.69) is 72.8 Å². The summed E-state index contributed by atoms with van der Waals surface area (Å²) in [5.41, 5.74) is 3.88. The van der Waals surface area contributed by atoms with E-state index in [-0.39, 0.29) is 0 Å². The van der Waals surface area contributed by atoms with Crippen molar-refractivity contribution in [2.45, 2.75) is 23.7 Å². The van der Waals surface area contributed by atoms with E-state index in [0.717, 1.165) is 11.8 Å². The minimum Gasteiger partial charge on any atom is -0.0842 e. The van der Waals surface area contributed by atoms with Crippen LogP contribution in [0.5, 0.6) is 0 Å². The van der Waals surface area contributed by atoms with Crippen molar-refractivity contribution >= 4 is 0 Å². The zero-order chi connectivity index (χ0) is 13.2. The second-order valence-corrected chi connectivity index (χ2v) is 6.69. The summed E-state index contributed by atoms with van der Waals surface area (Å²) in [5, 5.41) is 0. The fourth-order valence-electron chi connectivity index (χ4n) is 5.37. The molecule has 5 rings (SSSR count). The molecule has 3 aliphatic carbocycles. The molecule has 0 radical (unpaired) electrons. The van der Waals surface area contributed by atoms with Crippen LogP contribution in [0, 0.1) is 11.8 Å². The minimum atomic E-state index is 0.384. The van der Waals surface area contributed by atoms with Crippen LogP contribution < -0.4 is 0 Å². The molecule has 0 aliphatic heterocycles. The molecule has 2 aromatic rings. The second-order valence-electron chi connectivity index (χ2n) is 6.69. The smallest absolute Gasteiger partial charge is 0.0128 e. The Morgan fingerprint density at radius 1 is 0.650 bits per heavy atom. The number of benzene rings is 2. The minimum absolute atomic E-state index is 0.384. The van der Waals surface area contributed by atoms with E-state index in [4.69, 9.17) is 0 Å². The Morgan fingerprint density at radius 3 is 1.55 bits per heavy atom. The lowest BCUT2D eigenvalue weighted by atomic mass is 9.75. The predicted octanol–water partition coefficient (Wildman–Crippen LogP) is 4.47. The monoisotopic (exact) mass is 258 g/mol. The molecule has 0 spiro atoms. The fraction of sp³-hybridized carbons (Fsp3) is 0.300. The molecule has 2 saturated carbocycles. The van der Waals surface area contributed by atoms with E-state index < -0.39 is 0 Å². The first-order valence-corrected chi connectivity index (χ1v) is 7.67. The SMILES string of the molecule is C1=CC2CC1C1(c3ccccc3)CC21c1ccccc1. The third kappa shape index (κ3) is 1.03. The third-order valence-electron chi connectivity index (χ3n) is 6.16. The Labute approximate surface area is 120 Å². The molecule has 20 heavy (non-hydrogen) atoms. The number of hydrogen-bond acceptors (Lipinski definition) is 0. The van der Waals surface area contributed by atoms with Gasteiger partial charge < -0.3 is 0 Å². The van der Waals surface area contributed by atoms with Crippen LogP contribution in [-0.2, 0) is 10.8 Å². The molecule has 0 amide bonds. The number of hydrogen-bond donors (Lipinski definition) is 0. The average molecular weight is 258 g/mol. The van der Waals surface area contributed by atoms with Crippen LogP contribution >= 0.6 is 0 Å². The summed E-state index contributed by atoms with van der Waals surface area (Å²) >= 11 is 0. The van der Waals surface area contributed by atoms with Crippen molar-refractivity contribution in [3.05, 3.63) is 83.9 Å². The van der Waals surface area contributed by atoms with E-state index in [1.807, 2.05) is 0 Å². The first-order chi connectivity index (χ1) is 9.88. The van der Waals surface area contributed by atoms with Gasteiger partial charge in [-0.25, -0.2) is 0 Å². The third-order valence-corrected chi connectivity index (χ3v) is 6.16. The summed E-state index contributed by atoms with van der Waals surface area (Å²) in [7, 11) is 0. The van der Waals surface area contributed by atoms with Gasteiger partial charge in [-0.3, -0.25) is 0 Å². The Kier molecular flexibility index (Phi) is 1.87. The molecule has 0 nitrogen and oxygen atoms in total. The molecule has 0 aromatic heterocycles. The predicted molar refractivity (Wildman–Crippen MR) is 81.6 cm³/mol. The van der Waals surface area contributed by atoms with Gasteiger partial charge >= 0.3 is 0 Å². The first-order valence-electron chi connectivity index (χ1n) is 7.67. The molecule has 2 fully saturated rings. The van der Waals surface area contributed by atoms with Gasteiger partial charge in [0.05, 0.1) is 0 Å². The van der Waals surface area contributed by atoms with E-state index in [9.17, 15) is 0 Å². The highest BCUT2D eigenvalue weighted by Crippen LogP contribution is 2.80. The van der Waals surface area contributed by atoms with Crippen LogP contribution in [0.25, 0.3) is 0 Å². The van der Waals surface area contributed by atoms with Gasteiger partial charge in [0.1, 0.15) is 0 Å². The van der Waals surface area contributed by atoms with Crippen molar-refractivity contribution in [2.24, 2.45) is 11.8 Å². The summed E-state index contributed by atoms with van der Waals surface area (Å²) < 4.78 is 0. The topological polar surface area (TPSA) is 0 Å². The maximum atomic E-state index is 2.49. The molecular weight excluding hydrogens is 240 g/mol. The van der Waals surface area contributed by atoms with Gasteiger partial charge in [0.2, 0.25) is 0 Å². The lowest BCUT2D eigenvalue weighted by Crippen LogP contribution is -2.26. The normalized spacial score (nSPS) is 39.8. The average Bonchev–Trinajstić information content (AvgIpc) is 2.94. The van der Waals surface area contributed by atoms with Crippen molar-refractivity contribution in [3.63, 3.8) is 0 Å². The van der Waals surface area contributed by atoms with E-state index in [1.165, 1.54) is 12.8 Å². The number of rotatable bonds is 2. The van der Waals surface area contributed by atoms with E-state index >= 15 is 0 Å². The molecule has 2 aromatic carbocycles. The van der Waals surface area contributed by atoms with Crippen molar-refractivity contribution in [3.8, 4) is 0 Å². The van der Waals surface area contributed by atoms with Crippen molar-refractivity contribution in [1.29, 1.82) is 0 Å². The molecule has 4 atom stereocenters. The van der Waals surface area contributed by atoms with E-state index in [0.29, 0.717) is 10.8 Å². The zero-order valence-electron chi connectivity index (χ0n) is 11.5. The van der Waals surface area contributed by atoms with Gasteiger partial charge in [-0.1, -0.05) is 72.8 Å². The quantitative estimate of drug-likeness (QED) is 0.697. The Morgan fingerprint density at radius 2 is 1.10 bits per heavy atom. The fourth-order valence-corrected chi connectivity index (χ4v) is 5.37. The van der Waals surface area contributed by atoms with Crippen molar-refractivity contribution in [1.82, 2.24) is 0 Å². The highest BCUT2D eigenvalue weighted by molar-refractivity contribution is 5.58. The largest absolute Gasteiger partial charge is 0.0842 e. The maximum Gasteiger partial charge on any atom is 0.0128 e. The van der Waals surface area contributed by atoms with Crippen LogP contribution in [0.2, 0.25) is 0 Å².